The van der Waals surface area contributed by atoms with Crippen LogP contribution in [0.1, 0.15) is 14.5 Å². The molecule has 2 heterocycles. The molecule has 3 aromatic rings. The number of aryl methyl sites for hydroxylation is 1. The number of benzene rings is 1. The Labute approximate surface area is 135 Å². The minimum atomic E-state index is -0.157. The number of carbonyl (C=O) groups excluding carboxylic acids is 1. The lowest BCUT2D eigenvalue weighted by Crippen LogP contribution is -2.09. The van der Waals surface area contributed by atoms with Gasteiger partial charge in [0.25, 0.3) is 5.91 Å². The maximum absolute atomic E-state index is 12.1. The standard InChI is InChI=1S/C15H13N3O2S2/c1-9-3-8-12(21-9)13(19)16-15-18-17-14(22-15)10-4-6-11(20-2)7-5-10/h3-8H,1-2H3,(H,16,18,19). The Hall–Kier alpha value is -2.25. The van der Waals surface area contributed by atoms with Gasteiger partial charge in [0, 0.05) is 10.4 Å². The number of amides is 1. The number of methoxy groups -OCH3 is 1. The average molecular weight is 331 g/mol. The van der Waals surface area contributed by atoms with E-state index in [1.165, 1.54) is 22.7 Å². The molecular formula is C15H13N3O2S2. The molecule has 1 N–H and O–H groups in total. The molecular weight excluding hydrogens is 318 g/mol. The summed E-state index contributed by atoms with van der Waals surface area (Å²) in [7, 11) is 1.62. The molecule has 1 amide bonds. The number of rotatable bonds is 4. The van der Waals surface area contributed by atoms with Crippen LogP contribution in [0.4, 0.5) is 5.13 Å². The van der Waals surface area contributed by atoms with Gasteiger partial charge in [-0.15, -0.1) is 21.5 Å². The number of ether oxygens (including phenoxy) is 1. The van der Waals surface area contributed by atoms with Crippen molar-refractivity contribution in [2.75, 3.05) is 12.4 Å². The summed E-state index contributed by atoms with van der Waals surface area (Å²) in [5, 5.41) is 12.1. The molecule has 0 atom stereocenters. The van der Waals surface area contributed by atoms with Crippen molar-refractivity contribution < 1.29 is 9.53 Å². The lowest BCUT2D eigenvalue weighted by molar-refractivity contribution is 0.103. The second-order valence-electron chi connectivity index (χ2n) is 4.51. The molecule has 112 valence electrons. The van der Waals surface area contributed by atoms with Crippen LogP contribution in [0.25, 0.3) is 10.6 Å². The Morgan fingerprint density at radius 3 is 2.50 bits per heavy atom. The van der Waals surface area contributed by atoms with Crippen LogP contribution < -0.4 is 10.1 Å². The van der Waals surface area contributed by atoms with Crippen LogP contribution in [0, 0.1) is 6.92 Å². The zero-order chi connectivity index (χ0) is 15.5. The first kappa shape index (κ1) is 14.7. The number of hydrogen-bond acceptors (Lipinski definition) is 6. The highest BCUT2D eigenvalue weighted by Crippen LogP contribution is 2.28. The summed E-state index contributed by atoms with van der Waals surface area (Å²) < 4.78 is 5.13. The topological polar surface area (TPSA) is 64.1 Å². The van der Waals surface area contributed by atoms with E-state index in [4.69, 9.17) is 4.74 Å². The van der Waals surface area contributed by atoms with Crippen LogP contribution in [0.15, 0.2) is 36.4 Å². The maximum atomic E-state index is 12.1. The Kier molecular flexibility index (Phi) is 4.17. The Morgan fingerprint density at radius 2 is 1.86 bits per heavy atom. The Morgan fingerprint density at radius 1 is 1.09 bits per heavy atom. The number of carbonyl (C=O) groups is 1. The van der Waals surface area contributed by atoms with E-state index in [9.17, 15) is 4.79 Å². The van der Waals surface area contributed by atoms with Gasteiger partial charge in [-0.05, 0) is 43.3 Å². The molecule has 22 heavy (non-hydrogen) atoms. The normalized spacial score (nSPS) is 10.5. The van der Waals surface area contributed by atoms with Gasteiger partial charge in [0.1, 0.15) is 10.8 Å². The van der Waals surface area contributed by atoms with E-state index in [2.05, 4.69) is 15.5 Å². The minimum Gasteiger partial charge on any atom is -0.497 e. The monoisotopic (exact) mass is 331 g/mol. The molecule has 0 saturated heterocycles. The molecule has 0 unspecified atom stereocenters. The third kappa shape index (κ3) is 3.15. The summed E-state index contributed by atoms with van der Waals surface area (Å²) in [4.78, 5) is 13.8. The van der Waals surface area contributed by atoms with Crippen LogP contribution in [0.2, 0.25) is 0 Å². The number of anilines is 1. The molecule has 1 aromatic carbocycles. The molecule has 0 aliphatic carbocycles. The number of nitrogens with zero attached hydrogens (tertiary/aromatic N) is 2. The molecule has 3 rings (SSSR count). The fraction of sp³-hybridized carbons (Fsp3) is 0.133. The zero-order valence-corrected chi connectivity index (χ0v) is 13.6. The van der Waals surface area contributed by atoms with Crippen LogP contribution in [0.3, 0.4) is 0 Å². The highest BCUT2D eigenvalue weighted by atomic mass is 32.1. The van der Waals surface area contributed by atoms with Gasteiger partial charge in [-0.25, -0.2) is 0 Å². The van der Waals surface area contributed by atoms with E-state index < -0.39 is 0 Å². The molecule has 0 saturated carbocycles. The Balaban J connectivity index is 1.74. The molecule has 5 nitrogen and oxygen atoms in total. The maximum Gasteiger partial charge on any atom is 0.267 e. The van der Waals surface area contributed by atoms with Crippen molar-refractivity contribution in [2.24, 2.45) is 0 Å². The SMILES string of the molecule is COc1ccc(-c2nnc(NC(=O)c3ccc(C)s3)s2)cc1. The van der Waals surface area contributed by atoms with Crippen molar-refractivity contribution in [2.45, 2.75) is 6.92 Å². The lowest BCUT2D eigenvalue weighted by Gasteiger charge is -1.99. The first-order valence-corrected chi connectivity index (χ1v) is 8.15. The van der Waals surface area contributed by atoms with Crippen molar-refractivity contribution in [3.63, 3.8) is 0 Å². The van der Waals surface area contributed by atoms with Gasteiger partial charge in [-0.3, -0.25) is 10.1 Å². The molecule has 0 bridgehead atoms. The fourth-order valence-electron chi connectivity index (χ4n) is 1.84. The van der Waals surface area contributed by atoms with E-state index in [0.717, 1.165) is 21.2 Å². The lowest BCUT2D eigenvalue weighted by atomic mass is 10.2. The smallest absolute Gasteiger partial charge is 0.267 e. The minimum absolute atomic E-state index is 0.157. The quantitative estimate of drug-likeness (QED) is 0.789. The molecule has 0 spiro atoms. The highest BCUT2D eigenvalue weighted by molar-refractivity contribution is 7.18. The van der Waals surface area contributed by atoms with E-state index in [1.54, 1.807) is 13.2 Å². The second kappa shape index (κ2) is 6.25. The van der Waals surface area contributed by atoms with E-state index in [1.807, 2.05) is 37.3 Å². The number of thiophene rings is 1. The van der Waals surface area contributed by atoms with Gasteiger partial charge < -0.3 is 4.74 Å². The summed E-state index contributed by atoms with van der Waals surface area (Å²) >= 11 is 2.79. The fourth-order valence-corrected chi connectivity index (χ4v) is 3.35. The molecule has 0 radical (unpaired) electrons. The van der Waals surface area contributed by atoms with Crippen LogP contribution >= 0.6 is 22.7 Å². The number of hydrogen-bond donors (Lipinski definition) is 1. The van der Waals surface area contributed by atoms with Gasteiger partial charge in [0.2, 0.25) is 5.13 Å². The third-order valence-corrected chi connectivity index (χ3v) is 4.83. The van der Waals surface area contributed by atoms with Crippen LogP contribution in [0.5, 0.6) is 5.75 Å². The molecule has 0 aliphatic rings. The van der Waals surface area contributed by atoms with Gasteiger partial charge in [-0.2, -0.15) is 0 Å². The molecule has 7 heteroatoms. The van der Waals surface area contributed by atoms with Crippen LogP contribution in [-0.4, -0.2) is 23.2 Å². The molecule has 2 aromatic heterocycles. The number of nitrogens with one attached hydrogen (secondary N) is 1. The van der Waals surface area contributed by atoms with Crippen molar-refractivity contribution in [1.82, 2.24) is 10.2 Å². The largest absolute Gasteiger partial charge is 0.497 e. The van der Waals surface area contributed by atoms with Gasteiger partial charge in [0.05, 0.1) is 12.0 Å². The Bertz CT molecular complexity index is 793. The molecule has 0 aliphatic heterocycles. The van der Waals surface area contributed by atoms with Gasteiger partial charge >= 0.3 is 0 Å². The zero-order valence-electron chi connectivity index (χ0n) is 12.0. The summed E-state index contributed by atoms with van der Waals surface area (Å²) in [5.74, 6) is 0.630. The van der Waals surface area contributed by atoms with Crippen molar-refractivity contribution in [3.05, 3.63) is 46.2 Å². The average Bonchev–Trinajstić information content (AvgIpc) is 3.16. The van der Waals surface area contributed by atoms with E-state index >= 15 is 0 Å². The summed E-state index contributed by atoms with van der Waals surface area (Å²) in [6.07, 6.45) is 0. The predicted molar refractivity (Wildman–Crippen MR) is 88.9 cm³/mol. The highest BCUT2D eigenvalue weighted by Gasteiger charge is 2.12. The second-order valence-corrected chi connectivity index (χ2v) is 6.77. The van der Waals surface area contributed by atoms with E-state index in [-0.39, 0.29) is 5.91 Å². The predicted octanol–water partition coefficient (Wildman–Crippen LogP) is 3.84. The first-order valence-electron chi connectivity index (χ1n) is 6.51. The van der Waals surface area contributed by atoms with Crippen molar-refractivity contribution in [3.8, 4) is 16.3 Å². The summed E-state index contributed by atoms with van der Waals surface area (Å²) in [6.45, 7) is 1.97. The third-order valence-electron chi connectivity index (χ3n) is 2.95. The first-order chi connectivity index (χ1) is 10.7. The van der Waals surface area contributed by atoms with Gasteiger partial charge in [-0.1, -0.05) is 11.3 Å². The summed E-state index contributed by atoms with van der Waals surface area (Å²) in [6, 6.07) is 11.3. The van der Waals surface area contributed by atoms with Crippen LogP contribution in [-0.2, 0) is 0 Å². The van der Waals surface area contributed by atoms with Crippen molar-refractivity contribution in [1.29, 1.82) is 0 Å². The number of aromatic nitrogens is 2. The van der Waals surface area contributed by atoms with Crippen molar-refractivity contribution >= 4 is 33.7 Å². The molecule has 0 fully saturated rings. The summed E-state index contributed by atoms with van der Waals surface area (Å²) in [5.41, 5.74) is 0.936. The van der Waals surface area contributed by atoms with E-state index in [0.29, 0.717) is 10.0 Å². The van der Waals surface area contributed by atoms with Gasteiger partial charge in [0.15, 0.2) is 0 Å².